The first kappa shape index (κ1) is 18.1. The summed E-state index contributed by atoms with van der Waals surface area (Å²) in [6.45, 7) is 3.98. The standard InChI is InChI=1S/C20H22N6O2/c1-14(27)25-11-7-15(13-25)18-16-5-4-9-22-19(16)26(24-18)12-10-23-20(28)17-6-2-3-8-21-17/h2-6,8-9,15H,7,10-13H2,1H3,(H,23,28). The number of aromatic nitrogens is 4. The topological polar surface area (TPSA) is 93.0 Å². The number of hydrogen-bond acceptors (Lipinski definition) is 5. The minimum absolute atomic E-state index is 0.0987. The van der Waals surface area contributed by atoms with Crippen molar-refractivity contribution >= 4 is 22.8 Å². The van der Waals surface area contributed by atoms with Crippen LogP contribution in [0.3, 0.4) is 0 Å². The van der Waals surface area contributed by atoms with Crippen LogP contribution in [0.4, 0.5) is 0 Å². The Labute approximate surface area is 162 Å². The van der Waals surface area contributed by atoms with Gasteiger partial charge in [0.2, 0.25) is 5.91 Å². The average molecular weight is 378 g/mol. The van der Waals surface area contributed by atoms with Crippen LogP contribution in [0.2, 0.25) is 0 Å². The summed E-state index contributed by atoms with van der Waals surface area (Å²) in [7, 11) is 0. The lowest BCUT2D eigenvalue weighted by molar-refractivity contribution is -0.127. The molecule has 8 heteroatoms. The van der Waals surface area contributed by atoms with Crippen molar-refractivity contribution in [2.24, 2.45) is 0 Å². The van der Waals surface area contributed by atoms with Crippen molar-refractivity contribution in [2.45, 2.75) is 25.8 Å². The lowest BCUT2D eigenvalue weighted by Gasteiger charge is -2.12. The Bertz CT molecular complexity index is 1000. The van der Waals surface area contributed by atoms with E-state index in [2.05, 4.69) is 15.3 Å². The predicted molar refractivity (Wildman–Crippen MR) is 104 cm³/mol. The largest absolute Gasteiger partial charge is 0.349 e. The minimum atomic E-state index is -0.210. The van der Waals surface area contributed by atoms with Gasteiger partial charge in [0, 0.05) is 50.3 Å². The second-order valence-corrected chi connectivity index (χ2v) is 6.90. The van der Waals surface area contributed by atoms with Gasteiger partial charge in [0.25, 0.3) is 5.91 Å². The molecule has 1 atom stereocenters. The molecule has 1 N–H and O–H groups in total. The van der Waals surface area contributed by atoms with E-state index < -0.39 is 0 Å². The van der Waals surface area contributed by atoms with Gasteiger partial charge in [0.1, 0.15) is 5.69 Å². The zero-order valence-corrected chi connectivity index (χ0v) is 15.7. The number of nitrogens with zero attached hydrogens (tertiary/aromatic N) is 5. The number of carbonyl (C=O) groups excluding carboxylic acids is 2. The average Bonchev–Trinajstić information content (AvgIpc) is 3.34. The van der Waals surface area contributed by atoms with Crippen molar-refractivity contribution < 1.29 is 9.59 Å². The van der Waals surface area contributed by atoms with Crippen LogP contribution in [0.1, 0.15) is 35.4 Å². The highest BCUT2D eigenvalue weighted by atomic mass is 16.2. The monoisotopic (exact) mass is 378 g/mol. The van der Waals surface area contributed by atoms with Gasteiger partial charge in [-0.15, -0.1) is 0 Å². The van der Waals surface area contributed by atoms with Gasteiger partial charge in [-0.3, -0.25) is 14.6 Å². The summed E-state index contributed by atoms with van der Waals surface area (Å²) in [6, 6.07) is 9.16. The zero-order chi connectivity index (χ0) is 19.5. The van der Waals surface area contributed by atoms with Crippen molar-refractivity contribution in [3.05, 3.63) is 54.1 Å². The Kier molecular flexibility index (Phi) is 5.01. The molecule has 1 fully saturated rings. The summed E-state index contributed by atoms with van der Waals surface area (Å²) >= 11 is 0. The third-order valence-electron chi connectivity index (χ3n) is 5.06. The molecule has 0 spiro atoms. The number of nitrogens with one attached hydrogen (secondary N) is 1. The Morgan fingerprint density at radius 1 is 1.18 bits per heavy atom. The summed E-state index contributed by atoms with van der Waals surface area (Å²) in [6.07, 6.45) is 4.24. The first-order chi connectivity index (χ1) is 13.6. The minimum Gasteiger partial charge on any atom is -0.349 e. The first-order valence-electron chi connectivity index (χ1n) is 9.39. The molecule has 0 saturated carbocycles. The van der Waals surface area contributed by atoms with Crippen molar-refractivity contribution in [3.8, 4) is 0 Å². The second kappa shape index (κ2) is 7.75. The number of rotatable bonds is 5. The quantitative estimate of drug-likeness (QED) is 0.728. The van der Waals surface area contributed by atoms with Gasteiger partial charge < -0.3 is 10.2 Å². The van der Waals surface area contributed by atoms with Crippen molar-refractivity contribution in [1.82, 2.24) is 30.0 Å². The molecule has 3 aromatic rings. The third kappa shape index (κ3) is 3.58. The molecule has 1 unspecified atom stereocenters. The highest BCUT2D eigenvalue weighted by Crippen LogP contribution is 2.31. The molecule has 2 amide bonds. The summed E-state index contributed by atoms with van der Waals surface area (Å²) in [5.74, 6) is 0.0969. The fraction of sp³-hybridized carbons (Fsp3) is 0.350. The van der Waals surface area contributed by atoms with Crippen LogP contribution in [0.15, 0.2) is 42.7 Å². The Balaban J connectivity index is 1.49. The number of likely N-dealkylation sites (tertiary alicyclic amines) is 1. The lowest BCUT2D eigenvalue weighted by atomic mass is 10.0. The van der Waals surface area contributed by atoms with E-state index in [4.69, 9.17) is 5.10 Å². The molecule has 28 heavy (non-hydrogen) atoms. The molecule has 0 bridgehead atoms. The molecule has 0 radical (unpaired) electrons. The fourth-order valence-corrected chi connectivity index (χ4v) is 3.62. The van der Waals surface area contributed by atoms with Gasteiger partial charge in [-0.25, -0.2) is 9.67 Å². The van der Waals surface area contributed by atoms with Crippen LogP contribution in [0, 0.1) is 0 Å². The first-order valence-corrected chi connectivity index (χ1v) is 9.39. The molecule has 0 aliphatic carbocycles. The van der Waals surface area contributed by atoms with Crippen molar-refractivity contribution in [1.29, 1.82) is 0 Å². The third-order valence-corrected chi connectivity index (χ3v) is 5.06. The van der Waals surface area contributed by atoms with E-state index in [0.717, 1.165) is 29.7 Å². The highest BCUT2D eigenvalue weighted by Gasteiger charge is 2.29. The van der Waals surface area contributed by atoms with Gasteiger partial charge in [-0.2, -0.15) is 5.10 Å². The van der Waals surface area contributed by atoms with Gasteiger partial charge in [0.05, 0.1) is 12.2 Å². The molecular weight excluding hydrogens is 356 g/mol. The molecule has 0 aromatic carbocycles. The Morgan fingerprint density at radius 2 is 2.04 bits per heavy atom. The van der Waals surface area contributed by atoms with E-state index in [1.165, 1.54) is 0 Å². The zero-order valence-electron chi connectivity index (χ0n) is 15.7. The van der Waals surface area contributed by atoms with E-state index >= 15 is 0 Å². The summed E-state index contributed by atoms with van der Waals surface area (Å²) in [5, 5.41) is 8.66. The highest BCUT2D eigenvalue weighted by molar-refractivity contribution is 5.92. The van der Waals surface area contributed by atoms with E-state index in [0.29, 0.717) is 25.3 Å². The van der Waals surface area contributed by atoms with Crippen LogP contribution in [-0.4, -0.2) is 56.1 Å². The number of pyridine rings is 2. The second-order valence-electron chi connectivity index (χ2n) is 6.90. The Morgan fingerprint density at radius 3 is 2.79 bits per heavy atom. The fourth-order valence-electron chi connectivity index (χ4n) is 3.62. The molecule has 3 aromatic heterocycles. The Hall–Kier alpha value is -3.29. The van der Waals surface area contributed by atoms with E-state index in [-0.39, 0.29) is 17.7 Å². The normalized spacial score (nSPS) is 16.5. The predicted octanol–water partition coefficient (Wildman–Crippen LogP) is 1.59. The molecular formula is C20H22N6O2. The van der Waals surface area contributed by atoms with Gasteiger partial charge in [-0.05, 0) is 30.7 Å². The van der Waals surface area contributed by atoms with Crippen LogP contribution in [0.25, 0.3) is 11.0 Å². The van der Waals surface area contributed by atoms with E-state index in [1.54, 1.807) is 37.5 Å². The number of fused-ring (bicyclic) bond motifs is 1. The number of carbonyl (C=O) groups is 2. The molecule has 4 rings (SSSR count). The van der Waals surface area contributed by atoms with Crippen LogP contribution >= 0.6 is 0 Å². The summed E-state index contributed by atoms with van der Waals surface area (Å²) < 4.78 is 1.83. The van der Waals surface area contributed by atoms with Crippen molar-refractivity contribution in [3.63, 3.8) is 0 Å². The number of hydrogen-bond donors (Lipinski definition) is 1. The van der Waals surface area contributed by atoms with E-state index in [9.17, 15) is 9.59 Å². The van der Waals surface area contributed by atoms with Crippen molar-refractivity contribution in [2.75, 3.05) is 19.6 Å². The van der Waals surface area contributed by atoms with Gasteiger partial charge in [0.15, 0.2) is 5.65 Å². The molecule has 8 nitrogen and oxygen atoms in total. The molecule has 1 aliphatic heterocycles. The van der Waals surface area contributed by atoms with Crippen LogP contribution < -0.4 is 5.32 Å². The SMILES string of the molecule is CC(=O)N1CCC(c2nn(CCNC(=O)c3ccccn3)c3ncccc23)C1. The molecule has 4 heterocycles. The maximum Gasteiger partial charge on any atom is 0.269 e. The van der Waals surface area contributed by atoms with Gasteiger partial charge >= 0.3 is 0 Å². The molecule has 1 aliphatic rings. The smallest absolute Gasteiger partial charge is 0.269 e. The van der Waals surface area contributed by atoms with Crippen LogP contribution in [-0.2, 0) is 11.3 Å². The summed E-state index contributed by atoms with van der Waals surface area (Å²) in [5.41, 5.74) is 2.16. The van der Waals surface area contributed by atoms with Crippen LogP contribution in [0.5, 0.6) is 0 Å². The van der Waals surface area contributed by atoms with E-state index in [1.807, 2.05) is 21.7 Å². The number of amides is 2. The maximum atomic E-state index is 12.2. The maximum absolute atomic E-state index is 12.2. The van der Waals surface area contributed by atoms with Gasteiger partial charge in [-0.1, -0.05) is 6.07 Å². The molecule has 1 saturated heterocycles. The molecule has 144 valence electrons. The lowest BCUT2D eigenvalue weighted by Crippen LogP contribution is -2.28. The summed E-state index contributed by atoms with van der Waals surface area (Å²) in [4.78, 5) is 34.2.